The lowest BCUT2D eigenvalue weighted by atomic mass is 10.1. The van der Waals surface area contributed by atoms with Crippen molar-refractivity contribution in [3.05, 3.63) is 12.7 Å². The highest BCUT2D eigenvalue weighted by Gasteiger charge is 2.46. The van der Waals surface area contributed by atoms with Crippen LogP contribution in [0.4, 0.5) is 0 Å². The summed E-state index contributed by atoms with van der Waals surface area (Å²) >= 11 is 0. The molecular formula is C27H54O2Si2. The Morgan fingerprint density at radius 3 is 1.65 bits per heavy atom. The van der Waals surface area contributed by atoms with Gasteiger partial charge in [0, 0.05) is 18.9 Å². The number of hydrogen-bond acceptors (Lipinski definition) is 2. The summed E-state index contributed by atoms with van der Waals surface area (Å²) in [5.41, 5.74) is 6.35. The summed E-state index contributed by atoms with van der Waals surface area (Å²) in [7, 11) is -4.15. The normalized spacial score (nSPS) is 15.0. The van der Waals surface area contributed by atoms with Gasteiger partial charge in [-0.25, -0.2) is 0 Å². The molecule has 182 valence electrons. The standard InChI is InChI=1S/C27H54O2Si2/c1-14-16-17-18-19-30(21(3)4,22(5)6)29-27(15-2)26(13)20-28-31(23(7)8,24(9)10)25(11)12/h15,21-27H,2,14,16-17,20H2,1,3-13H3/t26-,27+/m0/s1. The van der Waals surface area contributed by atoms with Crippen LogP contribution in [0.2, 0.25) is 27.7 Å². The molecule has 2 atom stereocenters. The third kappa shape index (κ3) is 7.88. The predicted molar refractivity (Wildman–Crippen MR) is 144 cm³/mol. The van der Waals surface area contributed by atoms with Crippen LogP contribution >= 0.6 is 0 Å². The predicted octanol–water partition coefficient (Wildman–Crippen LogP) is 8.88. The van der Waals surface area contributed by atoms with Crippen molar-refractivity contribution in [1.29, 1.82) is 0 Å². The second-order valence-corrected chi connectivity index (χ2v) is 20.8. The summed E-state index contributed by atoms with van der Waals surface area (Å²) in [5, 5.41) is 0. The van der Waals surface area contributed by atoms with Gasteiger partial charge in [0.15, 0.2) is 8.32 Å². The second-order valence-electron chi connectivity index (χ2n) is 10.9. The lowest BCUT2D eigenvalue weighted by Gasteiger charge is -2.44. The first-order valence-corrected chi connectivity index (χ1v) is 17.0. The van der Waals surface area contributed by atoms with Gasteiger partial charge in [-0.1, -0.05) is 101 Å². The van der Waals surface area contributed by atoms with E-state index in [4.69, 9.17) is 8.85 Å². The average Bonchev–Trinajstić information content (AvgIpc) is 2.66. The molecule has 0 bridgehead atoms. The molecule has 0 aromatic heterocycles. The van der Waals surface area contributed by atoms with Gasteiger partial charge in [-0.05, 0) is 34.1 Å². The minimum Gasteiger partial charge on any atom is -0.416 e. The van der Waals surface area contributed by atoms with Crippen LogP contribution in [0.3, 0.4) is 0 Å². The minimum absolute atomic E-state index is 0.0184. The van der Waals surface area contributed by atoms with Crippen LogP contribution in [0, 0.1) is 17.4 Å². The number of unbranched alkanes of at least 4 members (excludes halogenated alkanes) is 2. The van der Waals surface area contributed by atoms with Crippen molar-refractivity contribution in [3.8, 4) is 11.5 Å². The smallest absolute Gasteiger partial charge is 0.277 e. The van der Waals surface area contributed by atoms with E-state index < -0.39 is 16.6 Å². The van der Waals surface area contributed by atoms with E-state index in [0.717, 1.165) is 19.4 Å². The Labute approximate surface area is 198 Å². The van der Waals surface area contributed by atoms with Gasteiger partial charge in [0.05, 0.1) is 6.10 Å². The van der Waals surface area contributed by atoms with Gasteiger partial charge in [0.25, 0.3) is 8.32 Å². The van der Waals surface area contributed by atoms with E-state index in [1.165, 1.54) is 6.42 Å². The third-order valence-corrected chi connectivity index (χ3v) is 17.8. The zero-order valence-electron chi connectivity index (χ0n) is 23.0. The molecule has 31 heavy (non-hydrogen) atoms. The zero-order valence-corrected chi connectivity index (χ0v) is 25.0. The van der Waals surface area contributed by atoms with Crippen molar-refractivity contribution in [2.24, 2.45) is 5.92 Å². The molecule has 0 spiro atoms. The van der Waals surface area contributed by atoms with E-state index in [2.05, 4.69) is 101 Å². The molecule has 0 saturated heterocycles. The molecule has 0 unspecified atom stereocenters. The Hall–Kier alpha value is -0.346. The van der Waals surface area contributed by atoms with Crippen molar-refractivity contribution >= 4 is 16.6 Å². The fourth-order valence-electron chi connectivity index (χ4n) is 5.22. The Kier molecular flexibility index (Phi) is 13.9. The van der Waals surface area contributed by atoms with Gasteiger partial charge in [-0.3, -0.25) is 0 Å². The Balaban J connectivity index is 5.71. The topological polar surface area (TPSA) is 18.5 Å². The molecule has 0 N–H and O–H groups in total. The fourth-order valence-corrected chi connectivity index (χ4v) is 14.5. The van der Waals surface area contributed by atoms with Crippen LogP contribution in [0.5, 0.6) is 0 Å². The van der Waals surface area contributed by atoms with E-state index in [-0.39, 0.29) is 12.0 Å². The summed E-state index contributed by atoms with van der Waals surface area (Å²) in [6.07, 6.45) is 5.29. The largest absolute Gasteiger partial charge is 0.416 e. The first kappa shape index (κ1) is 30.7. The third-order valence-electron chi connectivity index (χ3n) is 7.08. The molecular weight excluding hydrogens is 412 g/mol. The van der Waals surface area contributed by atoms with E-state index in [9.17, 15) is 0 Å². The maximum absolute atomic E-state index is 6.98. The molecule has 0 radical (unpaired) electrons. The minimum atomic E-state index is -2.26. The van der Waals surface area contributed by atoms with Crippen molar-refractivity contribution in [3.63, 3.8) is 0 Å². The molecule has 4 heteroatoms. The van der Waals surface area contributed by atoms with Crippen molar-refractivity contribution in [2.75, 3.05) is 6.61 Å². The number of rotatable bonds is 14. The molecule has 0 aromatic carbocycles. The molecule has 0 aliphatic rings. The van der Waals surface area contributed by atoms with Gasteiger partial charge in [0.1, 0.15) is 0 Å². The molecule has 2 nitrogen and oxygen atoms in total. The Morgan fingerprint density at radius 2 is 1.29 bits per heavy atom. The van der Waals surface area contributed by atoms with Gasteiger partial charge in [-0.2, -0.15) is 0 Å². The SMILES string of the molecule is C=C[C@@H](O[Si](C#CCCCC)(C(C)C)C(C)C)[C@@H](C)CO[Si](C(C)C)(C(C)C)C(C)C. The molecule has 0 aliphatic heterocycles. The van der Waals surface area contributed by atoms with E-state index in [1.807, 2.05) is 6.08 Å². The van der Waals surface area contributed by atoms with Crippen LogP contribution in [-0.4, -0.2) is 29.3 Å². The Bertz CT molecular complexity index is 540. The monoisotopic (exact) mass is 466 g/mol. The zero-order chi connectivity index (χ0) is 24.4. The molecule has 0 heterocycles. The molecule has 0 saturated carbocycles. The second kappa shape index (κ2) is 14.0. The maximum Gasteiger partial charge on any atom is 0.277 e. The van der Waals surface area contributed by atoms with Crippen LogP contribution < -0.4 is 0 Å². The molecule has 0 amide bonds. The van der Waals surface area contributed by atoms with Gasteiger partial charge < -0.3 is 8.85 Å². The lowest BCUT2D eigenvalue weighted by Crippen LogP contribution is -2.51. The Morgan fingerprint density at radius 1 is 0.806 bits per heavy atom. The van der Waals surface area contributed by atoms with Crippen LogP contribution in [-0.2, 0) is 8.85 Å². The van der Waals surface area contributed by atoms with Crippen LogP contribution in [0.1, 0.15) is 102 Å². The first-order chi connectivity index (χ1) is 14.3. The summed E-state index contributed by atoms with van der Waals surface area (Å²) in [6.45, 7) is 32.6. The van der Waals surface area contributed by atoms with Crippen LogP contribution in [0.25, 0.3) is 0 Å². The highest BCUT2D eigenvalue weighted by atomic mass is 28.4. The van der Waals surface area contributed by atoms with E-state index in [1.54, 1.807) is 0 Å². The molecule has 0 rings (SSSR count). The van der Waals surface area contributed by atoms with Crippen molar-refractivity contribution in [1.82, 2.24) is 0 Å². The lowest BCUT2D eigenvalue weighted by molar-refractivity contribution is 0.121. The maximum atomic E-state index is 6.98. The highest BCUT2D eigenvalue weighted by molar-refractivity contribution is 6.84. The summed E-state index contributed by atoms with van der Waals surface area (Å²) in [5.74, 6) is 3.75. The summed E-state index contributed by atoms with van der Waals surface area (Å²) < 4.78 is 13.9. The fraction of sp³-hybridized carbons (Fsp3) is 0.852. The van der Waals surface area contributed by atoms with E-state index in [0.29, 0.717) is 27.7 Å². The van der Waals surface area contributed by atoms with Gasteiger partial charge in [0.2, 0.25) is 0 Å². The van der Waals surface area contributed by atoms with Crippen molar-refractivity contribution < 1.29 is 8.85 Å². The van der Waals surface area contributed by atoms with E-state index >= 15 is 0 Å². The summed E-state index contributed by atoms with van der Waals surface area (Å²) in [4.78, 5) is 0. The quantitative estimate of drug-likeness (QED) is 0.110. The van der Waals surface area contributed by atoms with Gasteiger partial charge in [-0.15, -0.1) is 12.5 Å². The number of hydrogen-bond donors (Lipinski definition) is 0. The first-order valence-electron chi connectivity index (χ1n) is 12.8. The molecule has 0 aromatic rings. The van der Waals surface area contributed by atoms with Gasteiger partial charge >= 0.3 is 0 Å². The van der Waals surface area contributed by atoms with Crippen molar-refractivity contribution in [2.45, 2.75) is 136 Å². The average molecular weight is 467 g/mol. The highest BCUT2D eigenvalue weighted by Crippen LogP contribution is 2.43. The summed E-state index contributed by atoms with van der Waals surface area (Å²) in [6, 6.07) is 0. The molecule has 0 fully saturated rings. The van der Waals surface area contributed by atoms with Crippen LogP contribution in [0.15, 0.2) is 12.7 Å². The molecule has 0 aliphatic carbocycles.